The second-order valence-corrected chi connectivity index (χ2v) is 8.10. The van der Waals surface area contributed by atoms with Crippen molar-refractivity contribution in [2.75, 3.05) is 20.2 Å². The van der Waals surface area contributed by atoms with E-state index in [1.807, 2.05) is 34.1 Å². The summed E-state index contributed by atoms with van der Waals surface area (Å²) in [6, 6.07) is 9.17. The summed E-state index contributed by atoms with van der Waals surface area (Å²) in [4.78, 5) is 29.3. The zero-order valence-corrected chi connectivity index (χ0v) is 17.2. The molecule has 2 aromatic rings. The molecule has 2 aliphatic heterocycles. The highest BCUT2D eigenvalue weighted by Gasteiger charge is 2.50. The molecule has 0 N–H and O–H groups in total. The van der Waals surface area contributed by atoms with Crippen molar-refractivity contribution in [3.8, 4) is 17.0 Å². The van der Waals surface area contributed by atoms with E-state index in [0.29, 0.717) is 12.2 Å². The number of piperidine rings is 2. The number of benzene rings is 1. The van der Waals surface area contributed by atoms with Gasteiger partial charge in [-0.2, -0.15) is 0 Å². The lowest BCUT2D eigenvalue weighted by Crippen LogP contribution is -2.67. The molecule has 1 aromatic carbocycles. The predicted octanol–water partition coefficient (Wildman–Crippen LogP) is 3.36. The molecule has 0 aliphatic carbocycles. The van der Waals surface area contributed by atoms with Crippen molar-refractivity contribution in [2.45, 2.75) is 51.1 Å². The Morgan fingerprint density at radius 1 is 1.24 bits per heavy atom. The fraction of sp³-hybridized carbons (Fsp3) is 0.500. The third kappa shape index (κ3) is 3.39. The van der Waals surface area contributed by atoms with Crippen molar-refractivity contribution in [1.29, 1.82) is 0 Å². The Bertz CT molecular complexity index is 924. The van der Waals surface area contributed by atoms with Gasteiger partial charge >= 0.3 is 0 Å². The van der Waals surface area contributed by atoms with E-state index in [4.69, 9.17) is 9.26 Å². The van der Waals surface area contributed by atoms with Crippen LogP contribution in [0.25, 0.3) is 11.3 Å². The van der Waals surface area contributed by atoms with Crippen molar-refractivity contribution in [1.82, 2.24) is 15.0 Å². The van der Waals surface area contributed by atoms with Crippen molar-refractivity contribution in [3.05, 3.63) is 36.1 Å². The average Bonchev–Trinajstić information content (AvgIpc) is 3.22. The van der Waals surface area contributed by atoms with Gasteiger partial charge in [-0.25, -0.2) is 0 Å². The molecular weight excluding hydrogens is 370 g/mol. The van der Waals surface area contributed by atoms with Crippen LogP contribution in [0.3, 0.4) is 0 Å². The number of hydrogen-bond acceptors (Lipinski definition) is 5. The van der Waals surface area contributed by atoms with E-state index in [0.717, 1.165) is 43.5 Å². The van der Waals surface area contributed by atoms with Gasteiger partial charge in [0.2, 0.25) is 11.7 Å². The zero-order valence-electron chi connectivity index (χ0n) is 17.2. The fourth-order valence-electron chi connectivity index (χ4n) is 4.94. The first-order valence-corrected chi connectivity index (χ1v) is 10.1. The summed E-state index contributed by atoms with van der Waals surface area (Å²) in [5, 5.41) is 4.10. The molecule has 154 valence electrons. The first kappa shape index (κ1) is 19.5. The lowest BCUT2D eigenvalue weighted by Gasteiger charge is -2.56. The van der Waals surface area contributed by atoms with Crippen LogP contribution in [0.15, 0.2) is 34.9 Å². The van der Waals surface area contributed by atoms with E-state index in [-0.39, 0.29) is 29.2 Å². The molecule has 4 rings (SSSR count). The van der Waals surface area contributed by atoms with Crippen LogP contribution >= 0.6 is 0 Å². The number of likely N-dealkylation sites (tertiary alicyclic amines) is 2. The Hall–Kier alpha value is -2.83. The summed E-state index contributed by atoms with van der Waals surface area (Å²) in [5.74, 6) is 0.864. The van der Waals surface area contributed by atoms with Gasteiger partial charge in [0.15, 0.2) is 0 Å². The molecule has 2 fully saturated rings. The molecule has 7 nitrogen and oxygen atoms in total. The third-order valence-corrected chi connectivity index (χ3v) is 6.38. The molecular formula is C22H27N3O4. The van der Waals surface area contributed by atoms with E-state index in [9.17, 15) is 9.59 Å². The molecule has 2 amide bonds. The molecule has 3 heterocycles. The number of nitrogens with zero attached hydrogens (tertiary/aromatic N) is 3. The highest BCUT2D eigenvalue weighted by atomic mass is 16.5. The SMILES string of the molecule is COc1cccc(-c2cc(C(=O)N3CCC[C@@]4(C)[C@@H]3CCCN4C(C)=O)on2)c1. The maximum Gasteiger partial charge on any atom is 0.292 e. The summed E-state index contributed by atoms with van der Waals surface area (Å²) in [7, 11) is 1.61. The number of amides is 2. The molecule has 0 bridgehead atoms. The molecule has 0 unspecified atom stereocenters. The van der Waals surface area contributed by atoms with Gasteiger partial charge in [0, 0.05) is 31.6 Å². The van der Waals surface area contributed by atoms with Gasteiger partial charge in [0.25, 0.3) is 5.91 Å². The maximum absolute atomic E-state index is 13.3. The van der Waals surface area contributed by atoms with E-state index in [2.05, 4.69) is 12.1 Å². The normalized spacial score (nSPS) is 24.2. The molecule has 29 heavy (non-hydrogen) atoms. The third-order valence-electron chi connectivity index (χ3n) is 6.38. The Morgan fingerprint density at radius 3 is 2.83 bits per heavy atom. The minimum Gasteiger partial charge on any atom is -0.497 e. The lowest BCUT2D eigenvalue weighted by atomic mass is 9.76. The molecule has 2 atom stereocenters. The number of fused-ring (bicyclic) bond motifs is 1. The highest BCUT2D eigenvalue weighted by molar-refractivity contribution is 5.93. The van der Waals surface area contributed by atoms with Crippen LogP contribution in [0, 0.1) is 0 Å². The molecule has 0 spiro atoms. The quantitative estimate of drug-likeness (QED) is 0.794. The number of methoxy groups -OCH3 is 1. The minimum absolute atomic E-state index is 0.00762. The number of hydrogen-bond donors (Lipinski definition) is 0. The van der Waals surface area contributed by atoms with Gasteiger partial charge in [0.1, 0.15) is 11.4 Å². The van der Waals surface area contributed by atoms with Crippen LogP contribution in [-0.2, 0) is 4.79 Å². The first-order valence-electron chi connectivity index (χ1n) is 10.1. The van der Waals surface area contributed by atoms with E-state index in [1.54, 1.807) is 20.1 Å². The predicted molar refractivity (Wildman–Crippen MR) is 108 cm³/mol. The molecule has 0 radical (unpaired) electrons. The minimum atomic E-state index is -0.326. The van der Waals surface area contributed by atoms with E-state index < -0.39 is 0 Å². The fourth-order valence-corrected chi connectivity index (χ4v) is 4.94. The van der Waals surface area contributed by atoms with Crippen LogP contribution in [-0.4, -0.2) is 58.6 Å². The van der Waals surface area contributed by atoms with E-state index in [1.165, 1.54) is 0 Å². The van der Waals surface area contributed by atoms with Gasteiger partial charge in [-0.05, 0) is 44.7 Å². The largest absolute Gasteiger partial charge is 0.497 e. The zero-order chi connectivity index (χ0) is 20.6. The molecule has 2 aliphatic rings. The van der Waals surface area contributed by atoms with Crippen LogP contribution in [0.4, 0.5) is 0 Å². The summed E-state index contributed by atoms with van der Waals surface area (Å²) in [6.07, 6.45) is 3.56. The number of ether oxygens (including phenoxy) is 1. The van der Waals surface area contributed by atoms with Gasteiger partial charge in [-0.15, -0.1) is 0 Å². The first-order chi connectivity index (χ1) is 13.9. The van der Waals surface area contributed by atoms with Crippen molar-refractivity contribution in [2.24, 2.45) is 0 Å². The van der Waals surface area contributed by atoms with Crippen LogP contribution in [0.2, 0.25) is 0 Å². The molecule has 7 heteroatoms. The van der Waals surface area contributed by atoms with Crippen LogP contribution in [0.1, 0.15) is 50.1 Å². The van der Waals surface area contributed by atoms with E-state index >= 15 is 0 Å². The summed E-state index contributed by atoms with van der Waals surface area (Å²) in [5.41, 5.74) is 1.10. The average molecular weight is 397 g/mol. The summed E-state index contributed by atoms with van der Waals surface area (Å²) >= 11 is 0. The smallest absolute Gasteiger partial charge is 0.292 e. The molecule has 0 saturated carbocycles. The Balaban J connectivity index is 1.59. The Morgan fingerprint density at radius 2 is 2.07 bits per heavy atom. The second-order valence-electron chi connectivity index (χ2n) is 8.10. The van der Waals surface area contributed by atoms with Crippen molar-refractivity contribution >= 4 is 11.8 Å². The number of rotatable bonds is 3. The van der Waals surface area contributed by atoms with Gasteiger partial charge < -0.3 is 19.1 Å². The van der Waals surface area contributed by atoms with Gasteiger partial charge in [-0.1, -0.05) is 17.3 Å². The summed E-state index contributed by atoms with van der Waals surface area (Å²) < 4.78 is 10.7. The van der Waals surface area contributed by atoms with Gasteiger partial charge in [-0.3, -0.25) is 9.59 Å². The Kier molecular flexibility index (Phi) is 5.06. The Labute approximate surface area is 170 Å². The lowest BCUT2D eigenvalue weighted by molar-refractivity contribution is -0.143. The monoisotopic (exact) mass is 397 g/mol. The second kappa shape index (κ2) is 7.54. The molecule has 2 saturated heterocycles. The van der Waals surface area contributed by atoms with Crippen LogP contribution in [0.5, 0.6) is 5.75 Å². The summed E-state index contributed by atoms with van der Waals surface area (Å²) in [6.45, 7) is 5.15. The van der Waals surface area contributed by atoms with Gasteiger partial charge in [0.05, 0.1) is 18.7 Å². The maximum atomic E-state index is 13.3. The molecule has 1 aromatic heterocycles. The standard InChI is InChI=1S/C22H27N3O4/c1-15(26)25-12-5-9-20-22(25,2)10-6-11-24(20)21(27)19-14-18(23-29-19)16-7-4-8-17(13-16)28-3/h4,7-8,13-14,20H,5-6,9-12H2,1-3H3/t20-,22-/m0/s1. The van der Waals surface area contributed by atoms with Crippen molar-refractivity contribution < 1.29 is 18.8 Å². The number of carbonyl (C=O) groups excluding carboxylic acids is 2. The number of carbonyl (C=O) groups is 2. The number of aromatic nitrogens is 1. The topological polar surface area (TPSA) is 75.9 Å². The van der Waals surface area contributed by atoms with Crippen molar-refractivity contribution in [3.63, 3.8) is 0 Å². The highest BCUT2D eigenvalue weighted by Crippen LogP contribution is 2.40. The van der Waals surface area contributed by atoms with Crippen LogP contribution < -0.4 is 4.74 Å².